The SMILES string of the molecule is N#CCCNC(=O)C(Cc1c[nH]c2ccccc12)c1ccc(OC(F)(F)F)c(O)c1C(=S)NC(N)=O. The van der Waals surface area contributed by atoms with Gasteiger partial charge in [-0.15, -0.1) is 13.2 Å². The minimum Gasteiger partial charge on any atom is -0.504 e. The van der Waals surface area contributed by atoms with Crippen molar-refractivity contribution in [3.05, 3.63) is 59.3 Å². The fourth-order valence-electron chi connectivity index (χ4n) is 3.73. The van der Waals surface area contributed by atoms with Crippen LogP contribution in [0.25, 0.3) is 10.9 Å². The van der Waals surface area contributed by atoms with Crippen LogP contribution in [0.5, 0.6) is 11.5 Å². The number of rotatable bonds is 8. The summed E-state index contributed by atoms with van der Waals surface area (Å²) in [5.41, 5.74) is 6.19. The summed E-state index contributed by atoms with van der Waals surface area (Å²) in [6.45, 7) is 0.0142. The fourth-order valence-corrected chi connectivity index (χ4v) is 4.04. The lowest BCUT2D eigenvalue weighted by atomic mass is 9.87. The molecule has 0 radical (unpaired) electrons. The van der Waals surface area contributed by atoms with Gasteiger partial charge in [0.2, 0.25) is 5.91 Å². The number of amides is 3. The molecule has 3 amide bonds. The Balaban J connectivity index is 2.15. The van der Waals surface area contributed by atoms with Crippen molar-refractivity contribution in [3.8, 4) is 17.6 Å². The molecule has 36 heavy (non-hydrogen) atoms. The van der Waals surface area contributed by atoms with Crippen molar-refractivity contribution in [2.24, 2.45) is 5.73 Å². The Labute approximate surface area is 208 Å². The maximum atomic E-state index is 13.2. The van der Waals surface area contributed by atoms with E-state index in [0.29, 0.717) is 5.56 Å². The summed E-state index contributed by atoms with van der Waals surface area (Å²) in [4.78, 5) is 27.2. The number of nitriles is 1. The highest BCUT2D eigenvalue weighted by atomic mass is 32.1. The number of hydrogen-bond acceptors (Lipinski definition) is 6. The van der Waals surface area contributed by atoms with Crippen molar-refractivity contribution in [2.75, 3.05) is 6.54 Å². The second-order valence-electron chi connectivity index (χ2n) is 7.56. The molecule has 2 aromatic carbocycles. The maximum absolute atomic E-state index is 13.2. The van der Waals surface area contributed by atoms with E-state index in [4.69, 9.17) is 23.2 Å². The lowest BCUT2D eigenvalue weighted by molar-refractivity contribution is -0.275. The number of nitrogens with two attached hydrogens (primary N) is 1. The third kappa shape index (κ3) is 6.22. The summed E-state index contributed by atoms with van der Waals surface area (Å²) in [5, 5.41) is 24.9. The molecule has 1 aromatic heterocycles. The van der Waals surface area contributed by atoms with Crippen LogP contribution in [0.3, 0.4) is 0 Å². The van der Waals surface area contributed by atoms with Crippen LogP contribution in [0.2, 0.25) is 0 Å². The molecule has 9 nitrogen and oxygen atoms in total. The molecule has 0 saturated heterocycles. The molecule has 1 heterocycles. The van der Waals surface area contributed by atoms with Gasteiger partial charge in [0.25, 0.3) is 0 Å². The van der Waals surface area contributed by atoms with Crippen LogP contribution in [0.15, 0.2) is 42.6 Å². The molecule has 0 aliphatic rings. The van der Waals surface area contributed by atoms with Crippen LogP contribution < -0.4 is 21.1 Å². The molecule has 3 aromatic rings. The summed E-state index contributed by atoms with van der Waals surface area (Å²) in [6, 6.07) is 10.0. The molecule has 0 fully saturated rings. The molecular weight excluding hydrogens is 499 g/mol. The Hall–Kier alpha value is -4.31. The van der Waals surface area contributed by atoms with Gasteiger partial charge in [-0.2, -0.15) is 5.26 Å². The van der Waals surface area contributed by atoms with Crippen LogP contribution >= 0.6 is 12.2 Å². The average Bonchev–Trinajstić information content (AvgIpc) is 3.20. The number of aromatic hydroxyl groups is 1. The quantitative estimate of drug-likeness (QED) is 0.227. The minimum absolute atomic E-state index is 0.0142. The lowest BCUT2D eigenvalue weighted by Crippen LogP contribution is -2.37. The van der Waals surface area contributed by atoms with E-state index in [9.17, 15) is 27.9 Å². The van der Waals surface area contributed by atoms with Gasteiger partial charge in [0.1, 0.15) is 4.99 Å². The molecular formula is C23H20F3N5O4S. The molecule has 3 rings (SSSR count). The largest absolute Gasteiger partial charge is 0.573 e. The number of halogens is 3. The highest BCUT2D eigenvalue weighted by Crippen LogP contribution is 2.40. The number of benzene rings is 2. The Kier molecular flexibility index (Phi) is 8.00. The van der Waals surface area contributed by atoms with Gasteiger partial charge in [0.15, 0.2) is 11.5 Å². The molecule has 0 aliphatic carbocycles. The summed E-state index contributed by atoms with van der Waals surface area (Å²) in [5.74, 6) is -3.69. The van der Waals surface area contributed by atoms with E-state index in [1.807, 2.05) is 24.3 Å². The molecule has 188 valence electrons. The van der Waals surface area contributed by atoms with Crippen molar-refractivity contribution in [3.63, 3.8) is 0 Å². The van der Waals surface area contributed by atoms with Crippen LogP contribution in [-0.2, 0) is 11.2 Å². The summed E-state index contributed by atoms with van der Waals surface area (Å²) < 4.78 is 42.5. The van der Waals surface area contributed by atoms with E-state index in [0.717, 1.165) is 23.0 Å². The number of phenolic OH excluding ortho intramolecular Hbond substituents is 1. The lowest BCUT2D eigenvalue weighted by Gasteiger charge is -2.23. The van der Waals surface area contributed by atoms with Crippen LogP contribution in [-0.4, -0.2) is 39.9 Å². The fraction of sp³-hybridized carbons (Fsp3) is 0.217. The zero-order valence-corrected chi connectivity index (χ0v) is 19.3. The van der Waals surface area contributed by atoms with E-state index < -0.39 is 46.3 Å². The normalized spacial score (nSPS) is 11.9. The molecule has 1 atom stereocenters. The van der Waals surface area contributed by atoms with Crippen molar-refractivity contribution in [1.82, 2.24) is 15.6 Å². The Morgan fingerprint density at radius 3 is 2.64 bits per heavy atom. The third-order valence-corrected chi connectivity index (χ3v) is 5.50. The van der Waals surface area contributed by atoms with E-state index in [-0.39, 0.29) is 24.9 Å². The number of para-hydroxylation sites is 1. The topological polar surface area (TPSA) is 153 Å². The number of aromatic amines is 1. The van der Waals surface area contributed by atoms with Crippen molar-refractivity contribution < 1.29 is 32.6 Å². The number of carbonyl (C=O) groups excluding carboxylic acids is 2. The third-order valence-electron chi connectivity index (χ3n) is 5.19. The van der Waals surface area contributed by atoms with E-state index in [1.54, 1.807) is 12.3 Å². The molecule has 13 heteroatoms. The van der Waals surface area contributed by atoms with Gasteiger partial charge in [0.05, 0.1) is 24.0 Å². The number of primary amides is 1. The first-order chi connectivity index (χ1) is 17.0. The molecule has 0 aliphatic heterocycles. The number of ether oxygens (including phenoxy) is 1. The number of carbonyl (C=O) groups is 2. The Morgan fingerprint density at radius 2 is 1.97 bits per heavy atom. The van der Waals surface area contributed by atoms with Crippen LogP contribution in [0, 0.1) is 11.3 Å². The number of hydrogen-bond donors (Lipinski definition) is 5. The first kappa shape index (κ1) is 26.3. The Bertz CT molecular complexity index is 1350. The average molecular weight is 520 g/mol. The van der Waals surface area contributed by atoms with Gasteiger partial charge in [-0.25, -0.2) is 4.79 Å². The number of nitrogens with zero attached hydrogens (tertiary/aromatic N) is 1. The number of phenols is 1. The number of fused-ring (bicyclic) bond motifs is 1. The highest BCUT2D eigenvalue weighted by Gasteiger charge is 2.35. The van der Waals surface area contributed by atoms with E-state index in [1.165, 1.54) is 0 Å². The maximum Gasteiger partial charge on any atom is 0.573 e. The number of thiocarbonyl (C=S) groups is 1. The van der Waals surface area contributed by atoms with Gasteiger partial charge in [-0.1, -0.05) is 36.5 Å². The van der Waals surface area contributed by atoms with Gasteiger partial charge >= 0.3 is 12.4 Å². The molecule has 0 spiro atoms. The smallest absolute Gasteiger partial charge is 0.504 e. The number of alkyl halides is 3. The number of urea groups is 1. The van der Waals surface area contributed by atoms with Crippen LogP contribution in [0.1, 0.15) is 29.0 Å². The van der Waals surface area contributed by atoms with Gasteiger partial charge < -0.3 is 25.9 Å². The van der Waals surface area contributed by atoms with Crippen molar-refractivity contribution in [1.29, 1.82) is 5.26 Å². The van der Waals surface area contributed by atoms with E-state index in [2.05, 4.69) is 20.4 Å². The second kappa shape index (κ2) is 11.0. The second-order valence-corrected chi connectivity index (χ2v) is 7.97. The molecule has 6 N–H and O–H groups in total. The zero-order valence-electron chi connectivity index (χ0n) is 18.5. The summed E-state index contributed by atoms with van der Waals surface area (Å²) in [7, 11) is 0. The van der Waals surface area contributed by atoms with Gasteiger partial charge in [0, 0.05) is 23.6 Å². The monoisotopic (exact) mass is 519 g/mol. The Morgan fingerprint density at radius 1 is 1.25 bits per heavy atom. The predicted molar refractivity (Wildman–Crippen MR) is 127 cm³/mol. The van der Waals surface area contributed by atoms with Gasteiger partial charge in [-0.05, 0) is 29.7 Å². The van der Waals surface area contributed by atoms with E-state index >= 15 is 0 Å². The number of nitrogens with one attached hydrogen (secondary N) is 3. The summed E-state index contributed by atoms with van der Waals surface area (Å²) in [6.07, 6.45) is -3.40. The van der Waals surface area contributed by atoms with Crippen molar-refractivity contribution in [2.45, 2.75) is 25.1 Å². The molecule has 0 bridgehead atoms. The van der Waals surface area contributed by atoms with Crippen LogP contribution in [0.4, 0.5) is 18.0 Å². The minimum atomic E-state index is -5.13. The van der Waals surface area contributed by atoms with Crippen molar-refractivity contribution >= 4 is 40.0 Å². The zero-order chi connectivity index (χ0) is 26.5. The first-order valence-electron chi connectivity index (χ1n) is 10.4. The number of H-pyrrole nitrogens is 1. The first-order valence-corrected chi connectivity index (χ1v) is 10.8. The van der Waals surface area contributed by atoms with Gasteiger partial charge in [-0.3, -0.25) is 10.1 Å². The summed E-state index contributed by atoms with van der Waals surface area (Å²) >= 11 is 5.12. The number of aromatic nitrogens is 1. The standard InChI is InChI=1S/C23H20F3N5O4S/c24-23(25,26)35-17-7-6-14(18(19(17)32)21(36)31-22(28)34)15(20(33)29-9-3-8-27)10-12-11-30-16-5-2-1-4-13(12)16/h1-2,4-7,11,15,30,32H,3,9-10H2,(H,29,33)(H3,28,31,34,36). The predicted octanol–water partition coefficient (Wildman–Crippen LogP) is 3.47. The highest BCUT2D eigenvalue weighted by molar-refractivity contribution is 7.80. The molecule has 1 unspecified atom stereocenters. The molecule has 0 saturated carbocycles.